The fourth-order valence-electron chi connectivity index (χ4n) is 6.69. The van der Waals surface area contributed by atoms with Crippen LogP contribution in [0, 0.1) is 0 Å². The van der Waals surface area contributed by atoms with Crippen LogP contribution in [0.15, 0.2) is 81.6 Å². The third-order valence-electron chi connectivity index (χ3n) is 9.44. The van der Waals surface area contributed by atoms with E-state index in [1.165, 1.54) is 11.1 Å². The average Bonchev–Trinajstić information content (AvgIpc) is 2.92. The molecule has 46 heavy (non-hydrogen) atoms. The maximum absolute atomic E-state index is 12.3. The van der Waals surface area contributed by atoms with Gasteiger partial charge < -0.3 is 10.2 Å². The molecular formula is C42H52O4. The van der Waals surface area contributed by atoms with Crippen molar-refractivity contribution in [3.05, 3.63) is 118 Å². The molecule has 5 rings (SSSR count). The Balaban J connectivity index is 1.83. The molecule has 2 heterocycles. The topological polar surface area (TPSA) is 68.7 Å². The van der Waals surface area contributed by atoms with Crippen LogP contribution in [0.5, 0.6) is 11.5 Å². The molecule has 4 heteroatoms. The highest BCUT2D eigenvalue weighted by Crippen LogP contribution is 2.67. The molecule has 0 atom stereocenters. The summed E-state index contributed by atoms with van der Waals surface area (Å²) in [6.45, 7) is 26.3. The van der Waals surface area contributed by atoms with Crippen LogP contribution in [-0.2, 0) is 21.7 Å². The largest absolute Gasteiger partial charge is 0.872 e. The van der Waals surface area contributed by atoms with Crippen molar-refractivity contribution in [2.75, 3.05) is 0 Å². The molecule has 0 bridgehead atoms. The van der Waals surface area contributed by atoms with E-state index in [-0.39, 0.29) is 56.8 Å². The summed E-state index contributed by atoms with van der Waals surface area (Å²) in [5.74, 6) is 4.10. The van der Waals surface area contributed by atoms with Crippen molar-refractivity contribution in [1.29, 1.82) is 0 Å². The van der Waals surface area contributed by atoms with Crippen LogP contribution in [0.4, 0.5) is 0 Å². The molecule has 0 radical (unpaired) electrons. The molecule has 4 nitrogen and oxygen atoms in total. The van der Waals surface area contributed by atoms with Crippen LogP contribution in [0.3, 0.4) is 0 Å². The predicted octanol–water partition coefficient (Wildman–Crippen LogP) is 10.2. The minimum absolute atomic E-state index is 0.00542. The quantitative estimate of drug-likeness (QED) is 0.213. The van der Waals surface area contributed by atoms with Crippen LogP contribution >= 0.6 is 0 Å². The van der Waals surface area contributed by atoms with E-state index in [1.807, 2.05) is 24.3 Å². The third kappa shape index (κ3) is 6.73. The summed E-state index contributed by atoms with van der Waals surface area (Å²) in [6.07, 6.45) is 0. The monoisotopic (exact) mass is 620 g/mol. The molecule has 1 fully saturated rings. The molecular weight excluding hydrogens is 568 g/mol. The minimum atomic E-state index is -0.192. The van der Waals surface area contributed by atoms with Crippen LogP contribution in [0.1, 0.15) is 152 Å². The molecule has 0 aliphatic heterocycles. The molecule has 1 aliphatic rings. The average molecular weight is 621 g/mol. The first kappa shape index (κ1) is 33.7. The van der Waals surface area contributed by atoms with Gasteiger partial charge in [0.05, 0.1) is 21.7 Å². The Morgan fingerprint density at radius 1 is 0.370 bits per heavy atom. The summed E-state index contributed by atoms with van der Waals surface area (Å²) in [5, 5.41) is 24.7. The van der Waals surface area contributed by atoms with Gasteiger partial charge in [-0.25, -0.2) is 8.83 Å². The zero-order valence-electron chi connectivity index (χ0n) is 29.9. The van der Waals surface area contributed by atoms with Gasteiger partial charge in [-0.15, -0.1) is 11.5 Å². The standard InChI is InChI=1S/C42H52O4/c1-39(2,3)31-21-27(22-32(45-31)40(4,5)6)37-35(25-13-17-29(43)18-14-25)38(36(37)26-15-19-30(44)20-16-26)28-23-33(41(7,8)9)46-34(24-28)42(10,11)12/h13-24,35-38H,1-12H3. The minimum Gasteiger partial charge on any atom is -0.872 e. The normalized spacial score (nSPS) is 20.8. The van der Waals surface area contributed by atoms with Gasteiger partial charge in [0.1, 0.15) is 0 Å². The third-order valence-corrected chi connectivity index (χ3v) is 9.44. The highest BCUT2D eigenvalue weighted by molar-refractivity contribution is 5.50. The highest BCUT2D eigenvalue weighted by atomic mass is 16.3. The summed E-state index contributed by atoms with van der Waals surface area (Å²) in [6, 6.07) is 23.8. The fourth-order valence-corrected chi connectivity index (χ4v) is 6.69. The first-order valence-corrected chi connectivity index (χ1v) is 16.7. The van der Waals surface area contributed by atoms with E-state index >= 15 is 0 Å². The summed E-state index contributed by atoms with van der Waals surface area (Å²) < 4.78 is 13.2. The second-order valence-electron chi connectivity index (χ2n) is 17.5. The lowest BCUT2D eigenvalue weighted by atomic mass is 9.49. The first-order chi connectivity index (χ1) is 21.1. The van der Waals surface area contributed by atoms with Gasteiger partial charge in [-0.05, 0) is 129 Å². The Kier molecular flexibility index (Phi) is 8.46. The van der Waals surface area contributed by atoms with E-state index in [2.05, 4.69) is 107 Å². The molecule has 244 valence electrons. The zero-order chi connectivity index (χ0) is 34.0. The van der Waals surface area contributed by atoms with E-state index in [0.29, 0.717) is 0 Å². The predicted molar refractivity (Wildman–Crippen MR) is 184 cm³/mol. The molecule has 0 N–H and O–H groups in total. The van der Waals surface area contributed by atoms with Gasteiger partial charge in [0.15, 0.2) is 0 Å². The van der Waals surface area contributed by atoms with E-state index in [9.17, 15) is 10.2 Å². The molecule has 0 saturated heterocycles. The Morgan fingerprint density at radius 3 is 0.804 bits per heavy atom. The van der Waals surface area contributed by atoms with Crippen molar-refractivity contribution < 1.29 is 19.0 Å². The number of hydrogen-bond acceptors (Lipinski definition) is 2. The van der Waals surface area contributed by atoms with Gasteiger partial charge in [-0.1, -0.05) is 48.5 Å². The maximum atomic E-state index is 12.3. The van der Waals surface area contributed by atoms with Gasteiger partial charge in [0, 0.05) is 24.3 Å². The molecule has 1 aliphatic carbocycles. The number of rotatable bonds is 4. The van der Waals surface area contributed by atoms with Crippen LogP contribution < -0.4 is 10.2 Å². The van der Waals surface area contributed by atoms with E-state index in [1.54, 1.807) is 24.3 Å². The summed E-state index contributed by atoms with van der Waals surface area (Å²) in [5.41, 5.74) is 3.95. The van der Waals surface area contributed by atoms with Gasteiger partial charge in [0.25, 0.3) is 0 Å². The van der Waals surface area contributed by atoms with Gasteiger partial charge in [-0.3, -0.25) is 0 Å². The smallest absolute Gasteiger partial charge is 0.334 e. The number of benzene rings is 2. The van der Waals surface area contributed by atoms with Gasteiger partial charge in [-0.2, -0.15) is 0 Å². The Hall–Kier alpha value is -3.66. The number of hydrogen-bond donors (Lipinski definition) is 0. The summed E-state index contributed by atoms with van der Waals surface area (Å²) >= 11 is 0. The zero-order valence-corrected chi connectivity index (χ0v) is 29.9. The van der Waals surface area contributed by atoms with Crippen LogP contribution in [0.2, 0.25) is 0 Å². The van der Waals surface area contributed by atoms with Crippen molar-refractivity contribution in [2.45, 2.75) is 128 Å². The van der Waals surface area contributed by atoms with E-state index in [4.69, 9.17) is 8.83 Å². The molecule has 2 aromatic carbocycles. The maximum Gasteiger partial charge on any atom is 0.334 e. The molecule has 1 saturated carbocycles. The second kappa shape index (κ2) is 11.5. The van der Waals surface area contributed by atoms with Gasteiger partial charge >= 0.3 is 23.0 Å². The lowest BCUT2D eigenvalue weighted by molar-refractivity contribution is -0.269. The van der Waals surface area contributed by atoms with Crippen molar-refractivity contribution >= 4 is 0 Å². The highest BCUT2D eigenvalue weighted by Gasteiger charge is 2.55. The molecule has 4 aromatic rings. The van der Waals surface area contributed by atoms with Gasteiger partial charge in [0.2, 0.25) is 0 Å². The second-order valence-corrected chi connectivity index (χ2v) is 17.5. The molecule has 0 spiro atoms. The molecule has 2 aromatic heterocycles. The molecule has 0 amide bonds. The van der Waals surface area contributed by atoms with Crippen molar-refractivity contribution in [1.82, 2.24) is 0 Å². The first-order valence-electron chi connectivity index (χ1n) is 16.7. The van der Waals surface area contributed by atoms with E-state index < -0.39 is 0 Å². The SMILES string of the molecule is CC(C)(C)c1cc(C2C(c3ccc([O-])cc3)C(c3cc(C(C)(C)C)[o+]c(C(C)(C)C)c3)C2c2ccc([O-])cc2)cc(C(C)(C)C)[o+]1. The van der Waals surface area contributed by atoms with E-state index in [0.717, 1.165) is 34.2 Å². The Labute approximate surface area is 276 Å². The van der Waals surface area contributed by atoms with Crippen molar-refractivity contribution in [3.8, 4) is 11.5 Å². The van der Waals surface area contributed by atoms with Crippen LogP contribution in [0.25, 0.3) is 0 Å². The lowest BCUT2D eigenvalue weighted by Crippen LogP contribution is -2.40. The molecule has 0 unspecified atom stereocenters. The Morgan fingerprint density at radius 2 is 0.587 bits per heavy atom. The lowest BCUT2D eigenvalue weighted by Gasteiger charge is -2.53. The fraction of sp³-hybridized carbons (Fsp3) is 0.476. The van der Waals surface area contributed by atoms with Crippen LogP contribution in [-0.4, -0.2) is 0 Å². The summed E-state index contributed by atoms with van der Waals surface area (Å²) in [4.78, 5) is 0. The van der Waals surface area contributed by atoms with Crippen molar-refractivity contribution in [3.63, 3.8) is 0 Å². The Bertz CT molecular complexity index is 1490. The summed E-state index contributed by atoms with van der Waals surface area (Å²) in [7, 11) is 0. The van der Waals surface area contributed by atoms with Crippen molar-refractivity contribution in [2.24, 2.45) is 0 Å².